The molecule has 202 valence electrons. The number of nitrogens with two attached hydrogens (primary N) is 1. The first-order valence-electron chi connectivity index (χ1n) is 13.8. The minimum Gasteiger partial charge on any atom is -0.342 e. The quantitative estimate of drug-likeness (QED) is 0.429. The third-order valence-corrected chi connectivity index (χ3v) is 9.13. The van der Waals surface area contributed by atoms with E-state index in [1.54, 1.807) is 35.9 Å². The highest BCUT2D eigenvalue weighted by atomic mass is 32.1. The normalized spacial score (nSPS) is 25.8. The van der Waals surface area contributed by atoms with Gasteiger partial charge in [0.25, 0.3) is 11.7 Å². The molecule has 3 aliphatic heterocycles. The molecule has 4 heterocycles. The highest BCUT2D eigenvalue weighted by Crippen LogP contribution is 2.38. The number of nitrogens with zero attached hydrogens (tertiary/aromatic N) is 5. The van der Waals surface area contributed by atoms with Gasteiger partial charge in [0.05, 0.1) is 23.7 Å². The molecular weight excluding hydrogens is 510 g/mol. The fourth-order valence-electron chi connectivity index (χ4n) is 5.89. The Kier molecular flexibility index (Phi) is 6.78. The molecule has 0 spiro atoms. The zero-order chi connectivity index (χ0) is 27.1. The van der Waals surface area contributed by atoms with Crippen molar-refractivity contribution < 1.29 is 14.2 Å². The summed E-state index contributed by atoms with van der Waals surface area (Å²) in [7, 11) is 0. The number of allylic oxidation sites excluding steroid dienone is 1. The van der Waals surface area contributed by atoms with Gasteiger partial charge < -0.3 is 4.90 Å². The van der Waals surface area contributed by atoms with E-state index in [4.69, 9.17) is 10.8 Å². The lowest BCUT2D eigenvalue weighted by Gasteiger charge is -2.32. The van der Waals surface area contributed by atoms with Gasteiger partial charge in [0.1, 0.15) is 11.9 Å². The molecule has 2 amide bonds. The summed E-state index contributed by atoms with van der Waals surface area (Å²) >= 11 is 1.58. The van der Waals surface area contributed by atoms with Crippen molar-refractivity contribution in [1.29, 1.82) is 0 Å². The Morgan fingerprint density at radius 1 is 1.23 bits per heavy atom. The van der Waals surface area contributed by atoms with Crippen molar-refractivity contribution in [2.45, 2.75) is 52.4 Å². The molecule has 3 unspecified atom stereocenters. The number of amides is 2. The van der Waals surface area contributed by atoms with Crippen LogP contribution >= 0.6 is 11.3 Å². The van der Waals surface area contributed by atoms with E-state index in [0.29, 0.717) is 35.4 Å². The largest absolute Gasteiger partial charge is 0.342 e. The summed E-state index contributed by atoms with van der Waals surface area (Å²) in [5.41, 5.74) is 4.22. The van der Waals surface area contributed by atoms with Crippen molar-refractivity contribution >= 4 is 40.3 Å². The number of likely N-dealkylation sites (tertiary alicyclic amines) is 1. The molecule has 1 fully saturated rings. The number of carbonyl (C=O) groups is 2. The number of fused-ring (bicyclic) bond motifs is 2. The fraction of sp³-hybridized carbons (Fsp3) is 0.414. The molecule has 3 atom stereocenters. The van der Waals surface area contributed by atoms with Gasteiger partial charge in [-0.3, -0.25) is 19.9 Å². The van der Waals surface area contributed by atoms with Crippen molar-refractivity contribution in [2.75, 3.05) is 18.4 Å². The van der Waals surface area contributed by atoms with E-state index in [0.717, 1.165) is 61.3 Å². The van der Waals surface area contributed by atoms with Crippen LogP contribution in [0.4, 0.5) is 5.13 Å². The maximum atomic E-state index is 13.0. The van der Waals surface area contributed by atoms with Crippen molar-refractivity contribution in [3.8, 4) is 0 Å². The highest BCUT2D eigenvalue weighted by molar-refractivity contribution is 7.15. The Balaban J connectivity index is 1.22. The molecule has 2 aromatic rings. The Bertz CT molecular complexity index is 1440. The number of hydrogen-bond acceptors (Lipinski definition) is 7. The number of aryl methyl sites for hydroxylation is 1. The van der Waals surface area contributed by atoms with Crippen molar-refractivity contribution in [3.63, 3.8) is 0 Å². The molecule has 6 rings (SSSR count). The molecule has 39 heavy (non-hydrogen) atoms. The van der Waals surface area contributed by atoms with Crippen LogP contribution in [0, 0.1) is 11.8 Å². The fourth-order valence-corrected chi connectivity index (χ4v) is 7.06. The Labute approximate surface area is 232 Å². The average Bonchev–Trinajstić information content (AvgIpc) is 3.49. The van der Waals surface area contributed by atoms with Gasteiger partial charge in [0.15, 0.2) is 5.13 Å². The molecule has 1 saturated heterocycles. The summed E-state index contributed by atoms with van der Waals surface area (Å²) in [6.07, 6.45) is 10.8. The first-order valence-corrected chi connectivity index (χ1v) is 14.6. The van der Waals surface area contributed by atoms with Gasteiger partial charge >= 0.3 is 0 Å². The second-order valence-electron chi connectivity index (χ2n) is 10.9. The third-order valence-electron chi connectivity index (χ3n) is 8.10. The van der Waals surface area contributed by atoms with Gasteiger partial charge in [-0.2, -0.15) is 10.8 Å². The first-order chi connectivity index (χ1) is 18.9. The Hall–Kier alpha value is -3.47. The maximum Gasteiger partial charge on any atom is 0.264 e. The summed E-state index contributed by atoms with van der Waals surface area (Å²) in [6, 6.07) is 7.39. The number of nitrogens with one attached hydrogen (secondary N) is 1. The topological polar surface area (TPSA) is 113 Å². The number of piperidine rings is 1. The standard InChI is InChI=1S/C29H33N7O2S/c1-3-25(37)35-13-4-5-21(17-35)26-23-16-31-12-14-36(23,30)27(33-26)19-7-9-20(10-8-19)28(38)34-29-32-22-11-6-18(2)15-24(22)39-29/h7-10,12,14,16,18,21H,3-6,11,13,15,17,30H2,1-2H3/p+1. The number of anilines is 1. The lowest BCUT2D eigenvalue weighted by atomic mass is 9.93. The van der Waals surface area contributed by atoms with E-state index < -0.39 is 0 Å². The summed E-state index contributed by atoms with van der Waals surface area (Å²) in [5, 5.41) is 3.64. The second-order valence-corrected chi connectivity index (χ2v) is 11.9. The van der Waals surface area contributed by atoms with Crippen LogP contribution in [-0.2, 0) is 17.6 Å². The van der Waals surface area contributed by atoms with Crippen molar-refractivity contribution in [1.82, 2.24) is 9.88 Å². The van der Waals surface area contributed by atoms with Crippen LogP contribution in [0.1, 0.15) is 66.0 Å². The second kappa shape index (κ2) is 10.3. The van der Waals surface area contributed by atoms with E-state index >= 15 is 0 Å². The Morgan fingerprint density at radius 3 is 2.85 bits per heavy atom. The van der Waals surface area contributed by atoms with Crippen LogP contribution in [0.25, 0.3) is 0 Å². The molecule has 1 aliphatic carbocycles. The van der Waals surface area contributed by atoms with Crippen LogP contribution in [-0.4, -0.2) is 51.4 Å². The molecule has 0 radical (unpaired) electrons. The number of rotatable bonds is 5. The number of amidine groups is 1. The molecule has 9 nitrogen and oxygen atoms in total. The van der Waals surface area contributed by atoms with Gasteiger partial charge in [-0.1, -0.05) is 13.8 Å². The first kappa shape index (κ1) is 25.8. The number of quaternary nitrogens is 1. The van der Waals surface area contributed by atoms with Gasteiger partial charge in [0.2, 0.25) is 11.6 Å². The molecule has 0 bridgehead atoms. The predicted octanol–water partition coefficient (Wildman–Crippen LogP) is 4.39. The minimum absolute atomic E-state index is 0.0777. The van der Waals surface area contributed by atoms with Crippen LogP contribution in [0.3, 0.4) is 0 Å². The molecule has 0 saturated carbocycles. The molecule has 3 N–H and O–H groups in total. The minimum atomic E-state index is -0.182. The van der Waals surface area contributed by atoms with E-state index in [-0.39, 0.29) is 22.3 Å². The predicted molar refractivity (Wildman–Crippen MR) is 153 cm³/mol. The zero-order valence-corrected chi connectivity index (χ0v) is 23.2. The summed E-state index contributed by atoms with van der Waals surface area (Å²) in [4.78, 5) is 42.7. The van der Waals surface area contributed by atoms with Crippen LogP contribution in [0.5, 0.6) is 0 Å². The monoisotopic (exact) mass is 544 g/mol. The zero-order valence-electron chi connectivity index (χ0n) is 22.4. The molecule has 1 aromatic carbocycles. The van der Waals surface area contributed by atoms with Crippen LogP contribution in [0.15, 0.2) is 58.0 Å². The van der Waals surface area contributed by atoms with Gasteiger partial charge in [-0.25, -0.2) is 4.98 Å². The van der Waals surface area contributed by atoms with Crippen molar-refractivity contribution in [3.05, 3.63) is 69.8 Å². The third kappa shape index (κ3) is 4.77. The number of aromatic nitrogens is 1. The summed E-state index contributed by atoms with van der Waals surface area (Å²) < 4.78 is -0.0777. The van der Waals surface area contributed by atoms with E-state index in [1.165, 1.54) is 4.88 Å². The molecule has 1 aromatic heterocycles. The smallest absolute Gasteiger partial charge is 0.264 e. The van der Waals surface area contributed by atoms with Gasteiger partial charge in [-0.05, 0) is 62.3 Å². The van der Waals surface area contributed by atoms with Crippen molar-refractivity contribution in [2.24, 2.45) is 27.7 Å². The number of aliphatic imine (C=N–C) groups is 2. The molecule has 10 heteroatoms. The Morgan fingerprint density at radius 2 is 2.05 bits per heavy atom. The molecule has 4 aliphatic rings. The number of hydrogen-bond donors (Lipinski definition) is 2. The summed E-state index contributed by atoms with van der Waals surface area (Å²) in [6.45, 7) is 5.58. The summed E-state index contributed by atoms with van der Waals surface area (Å²) in [5.74, 6) is 8.34. The number of benzene rings is 1. The van der Waals surface area contributed by atoms with Crippen LogP contribution in [0.2, 0.25) is 0 Å². The van der Waals surface area contributed by atoms with E-state index in [1.807, 2.05) is 30.2 Å². The van der Waals surface area contributed by atoms with Crippen LogP contribution < -0.4 is 11.2 Å². The van der Waals surface area contributed by atoms with Gasteiger partial charge in [-0.15, -0.1) is 15.9 Å². The SMILES string of the molecule is CCC(=O)N1CCCC(C2=C3C=NC=C[N+]3(N)C(c3ccc(C(=O)Nc4nc5c(s4)CC(C)CC5)cc3)=N2)C1. The lowest BCUT2D eigenvalue weighted by Crippen LogP contribution is -2.53. The van der Waals surface area contributed by atoms with Gasteiger partial charge in [0, 0.05) is 35.9 Å². The molecular formula is C29H34N7O2S+. The maximum absolute atomic E-state index is 13.0. The lowest BCUT2D eigenvalue weighted by molar-refractivity contribution is -0.750. The number of thiazole rings is 1. The van der Waals surface area contributed by atoms with E-state index in [2.05, 4.69) is 22.2 Å². The van der Waals surface area contributed by atoms with E-state index in [9.17, 15) is 9.59 Å². The number of carbonyl (C=O) groups excluding carboxylic acids is 2. The highest BCUT2D eigenvalue weighted by Gasteiger charge is 2.46. The average molecular weight is 545 g/mol.